The smallest absolute Gasteiger partial charge is 0.262 e. The van der Waals surface area contributed by atoms with Gasteiger partial charge in [0.15, 0.2) is 0 Å². The van der Waals surface area contributed by atoms with Crippen LogP contribution in [-0.2, 0) is 9.53 Å². The number of ether oxygens (including phenoxy) is 2. The third-order valence-corrected chi connectivity index (χ3v) is 4.70. The molecule has 3 rings (SSSR count). The number of hydrogen-bond acceptors (Lipinski definition) is 4. The second-order valence-corrected chi connectivity index (χ2v) is 6.83. The molecule has 138 valence electrons. The van der Waals surface area contributed by atoms with E-state index in [0.717, 1.165) is 31.6 Å². The number of aryl methyl sites for hydroxylation is 1. The molecule has 5 nitrogen and oxygen atoms in total. The molecule has 7 heteroatoms. The van der Waals surface area contributed by atoms with Crippen LogP contribution in [0.25, 0.3) is 0 Å². The minimum atomic E-state index is -2.83. The minimum absolute atomic E-state index is 0.448. The molecular formula is C18H24F2N2O3. The van der Waals surface area contributed by atoms with Gasteiger partial charge >= 0.3 is 0 Å². The Morgan fingerprint density at radius 1 is 1.40 bits per heavy atom. The van der Waals surface area contributed by atoms with E-state index in [1.807, 2.05) is 13.0 Å². The molecule has 0 bridgehead atoms. The number of benzene rings is 1. The molecule has 2 fully saturated rings. The normalized spacial score (nSPS) is 23.4. The fourth-order valence-electron chi connectivity index (χ4n) is 3.08. The van der Waals surface area contributed by atoms with Gasteiger partial charge in [-0.3, -0.25) is 10.1 Å². The molecule has 1 aromatic carbocycles. The second kappa shape index (κ2) is 7.66. The van der Waals surface area contributed by atoms with Crippen LogP contribution >= 0.6 is 0 Å². The third-order valence-electron chi connectivity index (χ3n) is 4.70. The van der Waals surface area contributed by atoms with E-state index >= 15 is 0 Å². The van der Waals surface area contributed by atoms with Gasteiger partial charge in [0.1, 0.15) is 5.75 Å². The summed E-state index contributed by atoms with van der Waals surface area (Å²) in [6.45, 7) is 3.62. The number of carbonyl (C=O) groups is 1. The summed E-state index contributed by atoms with van der Waals surface area (Å²) in [5, 5.41) is 5.25. The number of halogens is 2. The molecular weight excluding hydrogens is 330 g/mol. The van der Waals surface area contributed by atoms with E-state index in [4.69, 9.17) is 9.47 Å². The third kappa shape index (κ3) is 4.89. The van der Waals surface area contributed by atoms with Gasteiger partial charge in [-0.1, -0.05) is 6.07 Å². The van der Waals surface area contributed by atoms with E-state index in [0.29, 0.717) is 24.0 Å². The molecule has 0 saturated carbocycles. The van der Waals surface area contributed by atoms with Crippen LogP contribution in [-0.4, -0.2) is 44.2 Å². The standard InChI is InChI=1S/C18H24F2N2O3/c1-12-2-3-14(22-17(23)15-9-18(19,20)11-21-15)8-16(12)25-10-13-4-6-24-7-5-13/h2-3,8,13,15,21H,4-7,9-11H2,1H3,(H,22,23). The highest BCUT2D eigenvalue weighted by Crippen LogP contribution is 2.27. The molecule has 0 spiro atoms. The Kier molecular flexibility index (Phi) is 5.54. The first-order valence-electron chi connectivity index (χ1n) is 8.66. The molecule has 0 radical (unpaired) electrons. The molecule has 2 saturated heterocycles. The fourth-order valence-corrected chi connectivity index (χ4v) is 3.08. The minimum Gasteiger partial charge on any atom is -0.493 e. The van der Waals surface area contributed by atoms with Gasteiger partial charge in [-0.15, -0.1) is 0 Å². The summed E-state index contributed by atoms with van der Waals surface area (Å²) in [6, 6.07) is 4.48. The Hall–Kier alpha value is -1.73. The van der Waals surface area contributed by atoms with Gasteiger partial charge < -0.3 is 14.8 Å². The van der Waals surface area contributed by atoms with Gasteiger partial charge in [-0.2, -0.15) is 0 Å². The van der Waals surface area contributed by atoms with Gasteiger partial charge in [-0.05, 0) is 37.3 Å². The number of anilines is 1. The molecule has 2 aliphatic heterocycles. The maximum Gasteiger partial charge on any atom is 0.262 e. The maximum absolute atomic E-state index is 13.2. The predicted molar refractivity (Wildman–Crippen MR) is 90.2 cm³/mol. The van der Waals surface area contributed by atoms with Crippen LogP contribution < -0.4 is 15.4 Å². The molecule has 2 heterocycles. The number of amides is 1. The van der Waals surface area contributed by atoms with Crippen LogP contribution in [0.4, 0.5) is 14.5 Å². The van der Waals surface area contributed by atoms with Crippen molar-refractivity contribution in [1.29, 1.82) is 0 Å². The summed E-state index contributed by atoms with van der Waals surface area (Å²) in [5.74, 6) is -2.10. The van der Waals surface area contributed by atoms with E-state index in [-0.39, 0.29) is 0 Å². The lowest BCUT2D eigenvalue weighted by molar-refractivity contribution is -0.118. The lowest BCUT2D eigenvalue weighted by Gasteiger charge is -2.22. The van der Waals surface area contributed by atoms with E-state index in [1.165, 1.54) is 0 Å². The van der Waals surface area contributed by atoms with Gasteiger partial charge in [0.2, 0.25) is 5.91 Å². The van der Waals surface area contributed by atoms with E-state index < -0.39 is 30.8 Å². The van der Waals surface area contributed by atoms with Crippen molar-refractivity contribution >= 4 is 11.6 Å². The first-order valence-corrected chi connectivity index (χ1v) is 8.66. The highest BCUT2D eigenvalue weighted by atomic mass is 19.3. The topological polar surface area (TPSA) is 59.6 Å². The van der Waals surface area contributed by atoms with Crippen LogP contribution in [0.5, 0.6) is 5.75 Å². The van der Waals surface area contributed by atoms with E-state index in [1.54, 1.807) is 12.1 Å². The Bertz CT molecular complexity index is 618. The van der Waals surface area contributed by atoms with Crippen molar-refractivity contribution in [1.82, 2.24) is 5.32 Å². The average molecular weight is 354 g/mol. The molecule has 2 N–H and O–H groups in total. The summed E-state index contributed by atoms with van der Waals surface area (Å²) in [7, 11) is 0. The first-order chi connectivity index (χ1) is 11.9. The Morgan fingerprint density at radius 3 is 2.84 bits per heavy atom. The molecule has 1 aromatic rings. The SMILES string of the molecule is Cc1ccc(NC(=O)C2CC(F)(F)CN2)cc1OCC1CCOCC1. The number of carbonyl (C=O) groups excluding carboxylic acids is 1. The summed E-state index contributed by atoms with van der Waals surface area (Å²) in [6.07, 6.45) is 1.49. The Morgan fingerprint density at radius 2 is 2.16 bits per heavy atom. The summed E-state index contributed by atoms with van der Waals surface area (Å²) in [5.41, 5.74) is 1.52. The van der Waals surface area contributed by atoms with Crippen LogP contribution in [0, 0.1) is 12.8 Å². The van der Waals surface area contributed by atoms with Crippen molar-refractivity contribution in [2.45, 2.75) is 38.2 Å². The Labute approximate surface area is 146 Å². The molecule has 0 aliphatic carbocycles. The summed E-state index contributed by atoms with van der Waals surface area (Å²) >= 11 is 0. The average Bonchev–Trinajstić information content (AvgIpc) is 2.96. The molecule has 1 amide bonds. The zero-order valence-electron chi connectivity index (χ0n) is 14.3. The lowest BCUT2D eigenvalue weighted by atomic mass is 10.0. The molecule has 2 aliphatic rings. The van der Waals surface area contributed by atoms with Crippen molar-refractivity contribution in [2.75, 3.05) is 31.7 Å². The van der Waals surface area contributed by atoms with Crippen molar-refractivity contribution < 1.29 is 23.0 Å². The Balaban J connectivity index is 1.58. The zero-order chi connectivity index (χ0) is 17.9. The predicted octanol–water partition coefficient (Wildman–Crippen LogP) is 2.74. The van der Waals surface area contributed by atoms with Crippen LogP contribution in [0.15, 0.2) is 18.2 Å². The van der Waals surface area contributed by atoms with E-state index in [9.17, 15) is 13.6 Å². The molecule has 1 unspecified atom stereocenters. The molecule has 0 aromatic heterocycles. The van der Waals surface area contributed by atoms with Gasteiger partial charge in [-0.25, -0.2) is 8.78 Å². The van der Waals surface area contributed by atoms with Crippen LogP contribution in [0.2, 0.25) is 0 Å². The summed E-state index contributed by atoms with van der Waals surface area (Å²) in [4.78, 5) is 12.1. The van der Waals surface area contributed by atoms with Gasteiger partial charge in [0.25, 0.3) is 5.92 Å². The van der Waals surface area contributed by atoms with Gasteiger partial charge in [0, 0.05) is 31.4 Å². The van der Waals surface area contributed by atoms with Crippen LogP contribution in [0.3, 0.4) is 0 Å². The number of alkyl halides is 2. The van der Waals surface area contributed by atoms with Crippen molar-refractivity contribution in [3.8, 4) is 5.75 Å². The number of hydrogen-bond donors (Lipinski definition) is 2. The quantitative estimate of drug-likeness (QED) is 0.854. The van der Waals surface area contributed by atoms with Crippen LogP contribution in [0.1, 0.15) is 24.8 Å². The second-order valence-electron chi connectivity index (χ2n) is 6.83. The monoisotopic (exact) mass is 354 g/mol. The van der Waals surface area contributed by atoms with Crippen molar-refractivity contribution in [2.24, 2.45) is 5.92 Å². The maximum atomic E-state index is 13.2. The number of rotatable bonds is 5. The lowest BCUT2D eigenvalue weighted by Crippen LogP contribution is -2.35. The number of nitrogens with one attached hydrogen (secondary N) is 2. The van der Waals surface area contributed by atoms with Crippen molar-refractivity contribution in [3.05, 3.63) is 23.8 Å². The first kappa shape index (κ1) is 18.1. The highest BCUT2D eigenvalue weighted by molar-refractivity contribution is 5.95. The molecule has 1 atom stereocenters. The summed E-state index contributed by atoms with van der Waals surface area (Å²) < 4.78 is 37.7. The van der Waals surface area contributed by atoms with E-state index in [2.05, 4.69) is 10.6 Å². The van der Waals surface area contributed by atoms with Crippen molar-refractivity contribution in [3.63, 3.8) is 0 Å². The zero-order valence-corrected chi connectivity index (χ0v) is 14.3. The highest BCUT2D eigenvalue weighted by Gasteiger charge is 2.42. The largest absolute Gasteiger partial charge is 0.493 e. The van der Waals surface area contributed by atoms with Gasteiger partial charge in [0.05, 0.1) is 19.2 Å². The fraction of sp³-hybridized carbons (Fsp3) is 0.611. The molecule has 25 heavy (non-hydrogen) atoms.